The van der Waals surface area contributed by atoms with E-state index in [1.54, 1.807) is 4.57 Å². The Morgan fingerprint density at radius 3 is 2.76 bits per heavy atom. The van der Waals surface area contributed by atoms with Crippen LogP contribution < -0.4 is 5.32 Å². The maximum atomic E-state index is 12.3. The predicted octanol–water partition coefficient (Wildman–Crippen LogP) is 1.66. The van der Waals surface area contributed by atoms with Crippen molar-refractivity contribution in [3.8, 4) is 0 Å². The fourth-order valence-electron chi connectivity index (χ4n) is 2.53. The van der Waals surface area contributed by atoms with Crippen LogP contribution in [0.4, 0.5) is 0 Å². The number of ether oxygens (including phenoxy) is 1. The van der Waals surface area contributed by atoms with E-state index in [4.69, 9.17) is 15.4 Å². The van der Waals surface area contributed by atoms with E-state index in [2.05, 4.69) is 5.32 Å². The Kier molecular flexibility index (Phi) is 3.98. The Morgan fingerprint density at radius 2 is 2.19 bits per heavy atom. The zero-order valence-corrected chi connectivity index (χ0v) is 13.0. The summed E-state index contributed by atoms with van der Waals surface area (Å²) in [4.78, 5) is 12.2. The molecule has 1 N–H and O–H groups in total. The van der Waals surface area contributed by atoms with E-state index in [1.165, 1.54) is 12.3 Å². The van der Waals surface area contributed by atoms with Crippen LogP contribution in [0.2, 0.25) is 0 Å². The largest absolute Gasteiger partial charge is 0.376 e. The smallest absolute Gasteiger partial charge is 0.268 e. The second-order valence-electron chi connectivity index (χ2n) is 5.48. The van der Waals surface area contributed by atoms with Crippen LogP contribution in [-0.2, 0) is 13.8 Å². The average molecular weight is 333 g/mol. The van der Waals surface area contributed by atoms with Crippen molar-refractivity contribution in [1.82, 2.24) is 9.88 Å². The Balaban J connectivity index is 1.76. The van der Waals surface area contributed by atoms with Gasteiger partial charge in [-0.3, -0.25) is 4.79 Å². The fraction of sp³-hybridized carbons (Fsp3) is 0.615. The Hall–Kier alpha value is -1.05. The predicted molar refractivity (Wildman–Crippen MR) is 77.0 cm³/mol. The lowest BCUT2D eigenvalue weighted by Crippen LogP contribution is -2.32. The molecule has 1 atom stereocenters. The number of aromatic nitrogens is 1. The van der Waals surface area contributed by atoms with E-state index in [1.807, 2.05) is 0 Å². The highest BCUT2D eigenvalue weighted by Gasteiger charge is 2.30. The SMILES string of the molecule is O=C(NCC1CCCO1)c1cc(S(=O)(=O)Cl)cn1C1CC1. The molecule has 0 spiro atoms. The van der Waals surface area contributed by atoms with Gasteiger partial charge in [0.15, 0.2) is 0 Å². The van der Waals surface area contributed by atoms with Gasteiger partial charge in [-0.1, -0.05) is 0 Å². The zero-order chi connectivity index (χ0) is 15.0. The minimum absolute atomic E-state index is 0.0293. The lowest BCUT2D eigenvalue weighted by molar-refractivity contribution is 0.0850. The summed E-state index contributed by atoms with van der Waals surface area (Å²) in [6.45, 7) is 1.17. The van der Waals surface area contributed by atoms with Gasteiger partial charge in [-0.2, -0.15) is 0 Å². The minimum atomic E-state index is -3.83. The van der Waals surface area contributed by atoms with Crippen molar-refractivity contribution in [3.05, 3.63) is 18.0 Å². The monoisotopic (exact) mass is 332 g/mol. The van der Waals surface area contributed by atoms with Crippen LogP contribution in [0.15, 0.2) is 17.2 Å². The third kappa shape index (κ3) is 3.41. The van der Waals surface area contributed by atoms with Gasteiger partial charge >= 0.3 is 0 Å². The number of halogens is 1. The number of carbonyl (C=O) groups excluding carboxylic acids is 1. The average Bonchev–Trinajstić information content (AvgIpc) is 2.96. The van der Waals surface area contributed by atoms with E-state index in [0.29, 0.717) is 12.2 Å². The topological polar surface area (TPSA) is 77.4 Å². The van der Waals surface area contributed by atoms with Crippen LogP contribution in [0.3, 0.4) is 0 Å². The first kappa shape index (κ1) is 14.9. The van der Waals surface area contributed by atoms with Gasteiger partial charge in [0, 0.05) is 36.1 Å². The summed E-state index contributed by atoms with van der Waals surface area (Å²) in [7, 11) is 1.53. The maximum Gasteiger partial charge on any atom is 0.268 e. The number of carbonyl (C=O) groups is 1. The summed E-state index contributed by atoms with van der Waals surface area (Å²) in [5.41, 5.74) is 0.342. The molecule has 0 bridgehead atoms. The molecule has 1 aliphatic carbocycles. The van der Waals surface area contributed by atoms with Gasteiger partial charge in [-0.25, -0.2) is 8.42 Å². The molecule has 1 aromatic heterocycles. The number of nitrogens with one attached hydrogen (secondary N) is 1. The highest BCUT2D eigenvalue weighted by molar-refractivity contribution is 8.13. The van der Waals surface area contributed by atoms with Crippen molar-refractivity contribution in [3.63, 3.8) is 0 Å². The van der Waals surface area contributed by atoms with Gasteiger partial charge in [-0.15, -0.1) is 0 Å². The molecule has 3 rings (SSSR count). The zero-order valence-electron chi connectivity index (χ0n) is 11.4. The number of nitrogens with zero attached hydrogens (tertiary/aromatic N) is 1. The van der Waals surface area contributed by atoms with Crippen molar-refractivity contribution in [1.29, 1.82) is 0 Å². The summed E-state index contributed by atoms with van der Waals surface area (Å²) in [6, 6.07) is 1.53. The lowest BCUT2D eigenvalue weighted by Gasteiger charge is -2.12. The molecule has 1 aromatic rings. The third-order valence-corrected chi connectivity index (χ3v) is 5.11. The summed E-state index contributed by atoms with van der Waals surface area (Å²) < 4.78 is 30.0. The molecule has 2 heterocycles. The molecule has 21 heavy (non-hydrogen) atoms. The molecular formula is C13H17ClN2O4S. The van der Waals surface area contributed by atoms with Gasteiger partial charge in [-0.05, 0) is 31.7 Å². The van der Waals surface area contributed by atoms with Crippen molar-refractivity contribution < 1.29 is 17.9 Å². The van der Waals surface area contributed by atoms with Gasteiger partial charge < -0.3 is 14.6 Å². The number of amides is 1. The van der Waals surface area contributed by atoms with E-state index in [9.17, 15) is 13.2 Å². The Labute approximate surface area is 127 Å². The standard InChI is InChI=1S/C13H17ClN2O4S/c14-21(18,19)11-6-12(16(8-11)9-3-4-9)13(17)15-7-10-2-1-5-20-10/h6,8-10H,1-5,7H2,(H,15,17). The quantitative estimate of drug-likeness (QED) is 0.832. The molecule has 0 radical (unpaired) electrons. The number of hydrogen-bond donors (Lipinski definition) is 1. The molecule has 1 amide bonds. The van der Waals surface area contributed by atoms with Crippen LogP contribution in [0.25, 0.3) is 0 Å². The van der Waals surface area contributed by atoms with Gasteiger partial charge in [0.2, 0.25) is 0 Å². The van der Waals surface area contributed by atoms with Crippen LogP contribution in [0.1, 0.15) is 42.2 Å². The molecule has 1 saturated carbocycles. The van der Waals surface area contributed by atoms with Crippen molar-refractivity contribution in [2.24, 2.45) is 0 Å². The normalized spacial score (nSPS) is 22.4. The molecular weight excluding hydrogens is 316 g/mol. The summed E-state index contributed by atoms with van der Waals surface area (Å²) >= 11 is 0. The number of hydrogen-bond acceptors (Lipinski definition) is 4. The second-order valence-corrected chi connectivity index (χ2v) is 8.05. The van der Waals surface area contributed by atoms with Crippen LogP contribution in [0, 0.1) is 0 Å². The molecule has 1 aliphatic heterocycles. The third-order valence-electron chi connectivity index (χ3n) is 3.79. The van der Waals surface area contributed by atoms with Crippen LogP contribution >= 0.6 is 10.7 Å². The first-order valence-electron chi connectivity index (χ1n) is 7.01. The van der Waals surface area contributed by atoms with E-state index in [0.717, 1.165) is 32.3 Å². The molecule has 2 aliphatic rings. The van der Waals surface area contributed by atoms with Crippen molar-refractivity contribution in [2.75, 3.05) is 13.2 Å². The number of rotatable bonds is 5. The van der Waals surface area contributed by atoms with Gasteiger partial charge in [0.05, 0.1) is 6.10 Å². The maximum absolute atomic E-state index is 12.3. The minimum Gasteiger partial charge on any atom is -0.376 e. The van der Waals surface area contributed by atoms with Crippen molar-refractivity contribution in [2.45, 2.75) is 42.7 Å². The summed E-state index contributed by atoms with van der Waals surface area (Å²) in [5.74, 6) is -0.288. The lowest BCUT2D eigenvalue weighted by atomic mass is 10.2. The Bertz CT molecular complexity index is 645. The second kappa shape index (κ2) is 5.62. The van der Waals surface area contributed by atoms with Crippen LogP contribution in [0.5, 0.6) is 0 Å². The molecule has 116 valence electrons. The van der Waals surface area contributed by atoms with Crippen molar-refractivity contribution >= 4 is 25.6 Å². The molecule has 6 nitrogen and oxygen atoms in total. The molecule has 0 aromatic carbocycles. The fourth-order valence-corrected chi connectivity index (χ4v) is 3.27. The molecule has 1 unspecified atom stereocenters. The van der Waals surface area contributed by atoms with Gasteiger partial charge in [0.1, 0.15) is 10.6 Å². The van der Waals surface area contributed by atoms with E-state index in [-0.39, 0.29) is 22.9 Å². The van der Waals surface area contributed by atoms with E-state index < -0.39 is 9.05 Å². The first-order valence-corrected chi connectivity index (χ1v) is 9.32. The molecule has 2 fully saturated rings. The van der Waals surface area contributed by atoms with Gasteiger partial charge in [0.25, 0.3) is 15.0 Å². The highest BCUT2D eigenvalue weighted by atomic mass is 35.7. The summed E-state index contributed by atoms with van der Waals surface area (Å²) in [6.07, 6.45) is 5.33. The van der Waals surface area contributed by atoms with Crippen LogP contribution in [-0.4, -0.2) is 38.1 Å². The highest BCUT2D eigenvalue weighted by Crippen LogP contribution is 2.37. The first-order chi connectivity index (χ1) is 9.95. The molecule has 1 saturated heterocycles. The Morgan fingerprint density at radius 1 is 1.43 bits per heavy atom. The molecule has 8 heteroatoms. The van der Waals surface area contributed by atoms with E-state index >= 15 is 0 Å². The summed E-state index contributed by atoms with van der Waals surface area (Å²) in [5, 5.41) is 2.81.